The summed E-state index contributed by atoms with van der Waals surface area (Å²) >= 11 is 1.48. The minimum Gasteiger partial charge on any atom is -0.493 e. The molecule has 0 aromatic heterocycles. The van der Waals surface area contributed by atoms with Crippen LogP contribution in [0, 0.1) is 10.1 Å². The molecule has 6 heteroatoms. The van der Waals surface area contributed by atoms with Crippen molar-refractivity contribution in [2.75, 3.05) is 19.0 Å². The second-order valence-electron chi connectivity index (χ2n) is 3.69. The van der Waals surface area contributed by atoms with Crippen LogP contribution in [0.1, 0.15) is 19.8 Å². The van der Waals surface area contributed by atoms with E-state index < -0.39 is 4.92 Å². The Morgan fingerprint density at radius 2 is 2.22 bits per heavy atom. The fraction of sp³-hybridized carbons (Fsp3) is 0.500. The number of ether oxygens (including phenoxy) is 1. The van der Waals surface area contributed by atoms with E-state index in [9.17, 15) is 10.1 Å². The van der Waals surface area contributed by atoms with Gasteiger partial charge in [0.15, 0.2) is 0 Å². The minimum absolute atomic E-state index is 0.0371. The lowest BCUT2D eigenvalue weighted by Gasteiger charge is -2.07. The van der Waals surface area contributed by atoms with Crippen molar-refractivity contribution in [2.45, 2.75) is 24.7 Å². The molecule has 1 rings (SSSR count). The van der Waals surface area contributed by atoms with Crippen molar-refractivity contribution in [3.8, 4) is 5.75 Å². The largest absolute Gasteiger partial charge is 0.493 e. The third-order valence-corrected chi connectivity index (χ3v) is 3.18. The van der Waals surface area contributed by atoms with Crippen molar-refractivity contribution < 1.29 is 14.8 Å². The minimum atomic E-state index is -0.422. The lowest BCUT2D eigenvalue weighted by molar-refractivity contribution is -0.385. The van der Waals surface area contributed by atoms with Crippen LogP contribution in [-0.2, 0) is 0 Å². The van der Waals surface area contributed by atoms with Gasteiger partial charge in [0, 0.05) is 23.3 Å². The number of nitro benzene ring substituents is 1. The van der Waals surface area contributed by atoms with Crippen LogP contribution in [0.5, 0.6) is 5.75 Å². The van der Waals surface area contributed by atoms with Gasteiger partial charge in [0.05, 0.1) is 17.6 Å². The molecule has 0 bridgehead atoms. The maximum absolute atomic E-state index is 10.8. The molecule has 0 unspecified atom stereocenters. The molecule has 18 heavy (non-hydrogen) atoms. The summed E-state index contributed by atoms with van der Waals surface area (Å²) in [5.41, 5.74) is 0.0371. The van der Waals surface area contributed by atoms with Gasteiger partial charge >= 0.3 is 0 Å². The molecule has 0 spiro atoms. The topological polar surface area (TPSA) is 72.6 Å². The molecule has 5 nitrogen and oxygen atoms in total. The zero-order valence-corrected chi connectivity index (χ0v) is 11.1. The Morgan fingerprint density at radius 3 is 2.83 bits per heavy atom. The van der Waals surface area contributed by atoms with E-state index in [1.54, 1.807) is 6.07 Å². The van der Waals surface area contributed by atoms with Crippen molar-refractivity contribution in [3.05, 3.63) is 28.3 Å². The quantitative estimate of drug-likeness (QED) is 0.340. The fourth-order valence-electron chi connectivity index (χ4n) is 1.30. The molecule has 0 aliphatic carbocycles. The second-order valence-corrected chi connectivity index (χ2v) is 4.86. The number of benzene rings is 1. The van der Waals surface area contributed by atoms with Gasteiger partial charge in [-0.2, -0.15) is 0 Å². The zero-order chi connectivity index (χ0) is 13.4. The Hall–Kier alpha value is -1.27. The first-order valence-electron chi connectivity index (χ1n) is 5.83. The van der Waals surface area contributed by atoms with E-state index in [-0.39, 0.29) is 12.3 Å². The number of aliphatic hydroxyl groups excluding tert-OH is 1. The lowest BCUT2D eigenvalue weighted by Crippen LogP contribution is -1.97. The number of nitrogens with zero attached hydrogens (tertiary/aromatic N) is 1. The maximum Gasteiger partial charge on any atom is 0.274 e. The van der Waals surface area contributed by atoms with Crippen LogP contribution in [0.2, 0.25) is 0 Å². The van der Waals surface area contributed by atoms with Crippen molar-refractivity contribution in [2.24, 2.45) is 0 Å². The average Bonchev–Trinajstić information content (AvgIpc) is 2.36. The Morgan fingerprint density at radius 1 is 1.44 bits per heavy atom. The van der Waals surface area contributed by atoms with E-state index in [1.807, 2.05) is 6.92 Å². The first kappa shape index (κ1) is 14.8. The highest BCUT2D eigenvalue weighted by atomic mass is 32.2. The highest BCUT2D eigenvalue weighted by Crippen LogP contribution is 2.29. The predicted molar refractivity (Wildman–Crippen MR) is 71.3 cm³/mol. The molecular formula is C12H17NO4S. The highest BCUT2D eigenvalue weighted by molar-refractivity contribution is 7.99. The molecule has 0 heterocycles. The predicted octanol–water partition coefficient (Wildman–Crippen LogP) is 2.86. The van der Waals surface area contributed by atoms with Crippen LogP contribution < -0.4 is 4.74 Å². The van der Waals surface area contributed by atoms with E-state index in [1.165, 1.54) is 23.9 Å². The van der Waals surface area contributed by atoms with E-state index in [4.69, 9.17) is 9.84 Å². The van der Waals surface area contributed by atoms with Crippen molar-refractivity contribution in [3.63, 3.8) is 0 Å². The molecule has 1 N–H and O–H groups in total. The zero-order valence-electron chi connectivity index (χ0n) is 10.3. The summed E-state index contributed by atoms with van der Waals surface area (Å²) in [6, 6.07) is 4.76. The monoisotopic (exact) mass is 271 g/mol. The SMILES string of the molecule is CCCOc1cc(SCCCO)cc([N+](=O)[O-])c1. The summed E-state index contributed by atoms with van der Waals surface area (Å²) in [6.45, 7) is 2.65. The molecule has 0 aliphatic rings. The van der Waals surface area contributed by atoms with Crippen LogP contribution >= 0.6 is 11.8 Å². The van der Waals surface area contributed by atoms with Crippen LogP contribution in [0.3, 0.4) is 0 Å². The molecule has 0 aliphatic heterocycles. The highest BCUT2D eigenvalue weighted by Gasteiger charge is 2.10. The van der Waals surface area contributed by atoms with Gasteiger partial charge in [-0.25, -0.2) is 0 Å². The molecule has 0 amide bonds. The molecule has 1 aromatic carbocycles. The number of aliphatic hydroxyl groups is 1. The van der Waals surface area contributed by atoms with Gasteiger partial charge in [0.25, 0.3) is 5.69 Å². The normalized spacial score (nSPS) is 10.3. The Labute approximate surface area is 110 Å². The summed E-state index contributed by atoms with van der Waals surface area (Å²) in [6.07, 6.45) is 1.52. The number of non-ortho nitro benzene ring substituents is 1. The number of hydrogen-bond acceptors (Lipinski definition) is 5. The van der Waals surface area contributed by atoms with Crippen molar-refractivity contribution in [1.29, 1.82) is 0 Å². The smallest absolute Gasteiger partial charge is 0.274 e. The lowest BCUT2D eigenvalue weighted by atomic mass is 10.3. The van der Waals surface area contributed by atoms with Crippen LogP contribution in [0.4, 0.5) is 5.69 Å². The summed E-state index contributed by atoms with van der Waals surface area (Å²) in [5, 5.41) is 19.5. The summed E-state index contributed by atoms with van der Waals surface area (Å²) in [4.78, 5) is 11.2. The molecular weight excluding hydrogens is 254 g/mol. The average molecular weight is 271 g/mol. The van der Waals surface area contributed by atoms with Crippen LogP contribution in [0.15, 0.2) is 23.1 Å². The molecule has 0 radical (unpaired) electrons. The van der Waals surface area contributed by atoms with E-state index in [2.05, 4.69) is 0 Å². The van der Waals surface area contributed by atoms with Gasteiger partial charge in [-0.3, -0.25) is 10.1 Å². The standard InChI is InChI=1S/C12H17NO4S/c1-2-5-17-11-7-10(13(15)16)8-12(9-11)18-6-3-4-14/h7-9,14H,2-6H2,1H3. The Balaban J connectivity index is 2.80. The van der Waals surface area contributed by atoms with Gasteiger partial charge in [-0.05, 0) is 18.9 Å². The Kier molecular flexibility index (Phi) is 6.53. The number of nitro groups is 1. The third kappa shape index (κ3) is 4.93. The molecule has 0 atom stereocenters. The van der Waals surface area contributed by atoms with Gasteiger partial charge in [0.1, 0.15) is 5.75 Å². The molecule has 0 saturated carbocycles. The first-order valence-corrected chi connectivity index (χ1v) is 6.82. The molecule has 0 saturated heterocycles. The summed E-state index contributed by atoms with van der Waals surface area (Å²) < 4.78 is 5.43. The Bertz CT molecular complexity index is 398. The van der Waals surface area contributed by atoms with Gasteiger partial charge < -0.3 is 9.84 Å². The summed E-state index contributed by atoms with van der Waals surface area (Å²) in [5.74, 6) is 1.25. The second kappa shape index (κ2) is 7.94. The van der Waals surface area contributed by atoms with Gasteiger partial charge in [0.2, 0.25) is 0 Å². The maximum atomic E-state index is 10.8. The fourth-order valence-corrected chi connectivity index (χ4v) is 2.22. The van der Waals surface area contributed by atoms with E-state index >= 15 is 0 Å². The number of thioether (sulfide) groups is 1. The van der Waals surface area contributed by atoms with Crippen LogP contribution in [0.25, 0.3) is 0 Å². The third-order valence-electron chi connectivity index (χ3n) is 2.12. The van der Waals surface area contributed by atoms with E-state index in [0.29, 0.717) is 18.8 Å². The molecule has 1 aromatic rings. The van der Waals surface area contributed by atoms with Gasteiger partial charge in [-0.15, -0.1) is 11.8 Å². The van der Waals surface area contributed by atoms with Crippen molar-refractivity contribution >= 4 is 17.4 Å². The summed E-state index contributed by atoms with van der Waals surface area (Å²) in [7, 11) is 0. The molecule has 100 valence electrons. The molecule has 0 fully saturated rings. The first-order chi connectivity index (χ1) is 8.67. The number of rotatable bonds is 8. The van der Waals surface area contributed by atoms with Crippen LogP contribution in [-0.4, -0.2) is 29.0 Å². The van der Waals surface area contributed by atoms with Crippen molar-refractivity contribution in [1.82, 2.24) is 0 Å². The van der Waals surface area contributed by atoms with Gasteiger partial charge in [-0.1, -0.05) is 6.92 Å². The van der Waals surface area contributed by atoms with E-state index in [0.717, 1.165) is 17.1 Å². The number of hydrogen-bond donors (Lipinski definition) is 1.